The number of nitrogens with one attached hydrogen (secondary N) is 1. The summed E-state index contributed by atoms with van der Waals surface area (Å²) in [6, 6.07) is 0.797. The highest BCUT2D eigenvalue weighted by Gasteiger charge is 2.25. The van der Waals surface area contributed by atoms with Gasteiger partial charge < -0.3 is 10.2 Å². The first-order valence-corrected chi connectivity index (χ1v) is 5.30. The van der Waals surface area contributed by atoms with E-state index in [-0.39, 0.29) is 0 Å². The van der Waals surface area contributed by atoms with Crippen LogP contribution in [0.4, 0.5) is 0 Å². The minimum Gasteiger partial charge on any atom is -0.313 e. The fraction of sp³-hybridized carbons (Fsp3) is 1.00. The summed E-state index contributed by atoms with van der Waals surface area (Å²) in [5, 5.41) is 3.59. The molecule has 1 unspecified atom stereocenters. The van der Waals surface area contributed by atoms with Crippen molar-refractivity contribution in [3.8, 4) is 0 Å². The Morgan fingerprint density at radius 3 is 2.75 bits per heavy atom. The van der Waals surface area contributed by atoms with E-state index in [0.717, 1.165) is 12.0 Å². The van der Waals surface area contributed by atoms with Gasteiger partial charge in [0.25, 0.3) is 0 Å². The molecular weight excluding hydrogens is 148 g/mol. The highest BCUT2D eigenvalue weighted by Crippen LogP contribution is 2.16. The fourth-order valence-corrected chi connectivity index (χ4v) is 2.37. The van der Waals surface area contributed by atoms with Crippen molar-refractivity contribution in [1.82, 2.24) is 10.2 Å². The SMILES string of the molecule is CC1CN(CC2CCCCN2)C1. The van der Waals surface area contributed by atoms with Gasteiger partial charge in [0.15, 0.2) is 0 Å². The molecule has 2 heterocycles. The molecule has 2 fully saturated rings. The Balaban J connectivity index is 1.65. The first-order valence-electron chi connectivity index (χ1n) is 5.30. The van der Waals surface area contributed by atoms with Gasteiger partial charge in [0.2, 0.25) is 0 Å². The van der Waals surface area contributed by atoms with Gasteiger partial charge in [-0.2, -0.15) is 0 Å². The first-order chi connectivity index (χ1) is 5.84. The number of rotatable bonds is 2. The van der Waals surface area contributed by atoms with Gasteiger partial charge in [-0.15, -0.1) is 0 Å². The summed E-state index contributed by atoms with van der Waals surface area (Å²) in [4.78, 5) is 2.58. The van der Waals surface area contributed by atoms with Gasteiger partial charge in [-0.25, -0.2) is 0 Å². The summed E-state index contributed by atoms with van der Waals surface area (Å²) < 4.78 is 0. The van der Waals surface area contributed by atoms with Crippen molar-refractivity contribution in [2.45, 2.75) is 32.2 Å². The lowest BCUT2D eigenvalue weighted by Crippen LogP contribution is -2.52. The minimum atomic E-state index is 0.797. The minimum absolute atomic E-state index is 0.797. The molecule has 0 amide bonds. The lowest BCUT2D eigenvalue weighted by atomic mass is 9.99. The molecule has 0 saturated carbocycles. The predicted molar refractivity (Wildman–Crippen MR) is 51.2 cm³/mol. The molecule has 70 valence electrons. The molecule has 0 aromatic heterocycles. The van der Waals surface area contributed by atoms with Crippen molar-refractivity contribution in [3.05, 3.63) is 0 Å². The smallest absolute Gasteiger partial charge is 0.0195 e. The van der Waals surface area contributed by atoms with Crippen LogP contribution in [0.15, 0.2) is 0 Å². The van der Waals surface area contributed by atoms with Crippen molar-refractivity contribution in [3.63, 3.8) is 0 Å². The van der Waals surface area contributed by atoms with Gasteiger partial charge in [0, 0.05) is 25.7 Å². The molecule has 2 saturated heterocycles. The van der Waals surface area contributed by atoms with Gasteiger partial charge in [-0.05, 0) is 25.3 Å². The Morgan fingerprint density at radius 1 is 1.33 bits per heavy atom. The fourth-order valence-electron chi connectivity index (χ4n) is 2.37. The zero-order valence-electron chi connectivity index (χ0n) is 8.05. The number of nitrogens with zero attached hydrogens (tertiary/aromatic N) is 1. The van der Waals surface area contributed by atoms with Crippen LogP contribution in [-0.2, 0) is 0 Å². The van der Waals surface area contributed by atoms with E-state index in [9.17, 15) is 0 Å². The highest BCUT2D eigenvalue weighted by atomic mass is 15.2. The molecule has 0 aromatic carbocycles. The Hall–Kier alpha value is -0.0800. The van der Waals surface area contributed by atoms with Crippen molar-refractivity contribution in [1.29, 1.82) is 0 Å². The molecule has 0 radical (unpaired) electrons. The average Bonchev–Trinajstić information content (AvgIpc) is 2.04. The molecule has 0 aromatic rings. The number of likely N-dealkylation sites (tertiary alicyclic amines) is 1. The molecule has 1 N–H and O–H groups in total. The third kappa shape index (κ3) is 1.99. The van der Waals surface area contributed by atoms with Gasteiger partial charge in [-0.1, -0.05) is 13.3 Å². The number of hydrogen-bond acceptors (Lipinski definition) is 2. The van der Waals surface area contributed by atoms with E-state index >= 15 is 0 Å². The topological polar surface area (TPSA) is 15.3 Å². The van der Waals surface area contributed by atoms with Crippen LogP contribution in [0.25, 0.3) is 0 Å². The van der Waals surface area contributed by atoms with E-state index in [1.807, 2.05) is 0 Å². The zero-order valence-corrected chi connectivity index (χ0v) is 8.05. The lowest BCUT2D eigenvalue weighted by molar-refractivity contribution is 0.0948. The van der Waals surface area contributed by atoms with Crippen LogP contribution in [0, 0.1) is 5.92 Å². The maximum atomic E-state index is 3.59. The zero-order chi connectivity index (χ0) is 8.39. The predicted octanol–water partition coefficient (Wildman–Crippen LogP) is 1.08. The van der Waals surface area contributed by atoms with E-state index < -0.39 is 0 Å². The summed E-state index contributed by atoms with van der Waals surface area (Å²) in [6.45, 7) is 7.54. The lowest BCUT2D eigenvalue weighted by Gasteiger charge is -2.40. The maximum Gasteiger partial charge on any atom is 0.0195 e. The van der Waals surface area contributed by atoms with Gasteiger partial charge in [0.05, 0.1) is 0 Å². The van der Waals surface area contributed by atoms with Crippen molar-refractivity contribution in [2.75, 3.05) is 26.2 Å². The largest absolute Gasteiger partial charge is 0.313 e. The van der Waals surface area contributed by atoms with Gasteiger partial charge in [0.1, 0.15) is 0 Å². The Morgan fingerprint density at radius 2 is 2.17 bits per heavy atom. The molecule has 2 heteroatoms. The molecule has 0 aliphatic carbocycles. The maximum absolute atomic E-state index is 3.59. The van der Waals surface area contributed by atoms with Crippen molar-refractivity contribution in [2.24, 2.45) is 5.92 Å². The third-order valence-corrected chi connectivity index (χ3v) is 3.03. The Kier molecular flexibility index (Phi) is 2.66. The molecule has 2 aliphatic heterocycles. The quantitative estimate of drug-likeness (QED) is 0.664. The molecule has 0 bridgehead atoms. The third-order valence-electron chi connectivity index (χ3n) is 3.03. The number of piperidine rings is 1. The second-order valence-electron chi connectivity index (χ2n) is 4.47. The first kappa shape index (κ1) is 8.52. The van der Waals surface area contributed by atoms with Crippen LogP contribution < -0.4 is 5.32 Å². The normalized spacial score (nSPS) is 33.2. The van der Waals surface area contributed by atoms with Crippen LogP contribution in [0.1, 0.15) is 26.2 Å². The molecule has 1 atom stereocenters. The van der Waals surface area contributed by atoms with Crippen molar-refractivity contribution >= 4 is 0 Å². The van der Waals surface area contributed by atoms with Gasteiger partial charge >= 0.3 is 0 Å². The number of hydrogen-bond donors (Lipinski definition) is 1. The standard InChI is InChI=1S/C10H20N2/c1-9-6-12(7-9)8-10-4-2-3-5-11-10/h9-11H,2-8H2,1H3. The molecule has 2 aliphatic rings. The van der Waals surface area contributed by atoms with E-state index in [0.29, 0.717) is 0 Å². The molecule has 2 rings (SSSR count). The van der Waals surface area contributed by atoms with Crippen LogP contribution in [0.2, 0.25) is 0 Å². The second-order valence-corrected chi connectivity index (χ2v) is 4.47. The van der Waals surface area contributed by atoms with Crippen LogP contribution in [0.5, 0.6) is 0 Å². The molecule has 0 spiro atoms. The van der Waals surface area contributed by atoms with E-state index in [1.54, 1.807) is 0 Å². The van der Waals surface area contributed by atoms with E-state index in [4.69, 9.17) is 0 Å². The van der Waals surface area contributed by atoms with Gasteiger partial charge in [-0.3, -0.25) is 0 Å². The monoisotopic (exact) mass is 168 g/mol. The van der Waals surface area contributed by atoms with Crippen molar-refractivity contribution < 1.29 is 0 Å². The average molecular weight is 168 g/mol. The summed E-state index contributed by atoms with van der Waals surface area (Å²) in [5.74, 6) is 0.952. The van der Waals surface area contributed by atoms with Crippen LogP contribution >= 0.6 is 0 Å². The van der Waals surface area contributed by atoms with Crippen LogP contribution in [-0.4, -0.2) is 37.1 Å². The highest BCUT2D eigenvalue weighted by molar-refractivity contribution is 4.82. The van der Waals surface area contributed by atoms with E-state index in [2.05, 4.69) is 17.1 Å². The molecule has 2 nitrogen and oxygen atoms in total. The molecular formula is C10H20N2. The summed E-state index contributed by atoms with van der Waals surface area (Å²) in [5.41, 5.74) is 0. The molecule has 12 heavy (non-hydrogen) atoms. The summed E-state index contributed by atoms with van der Waals surface area (Å²) in [7, 11) is 0. The summed E-state index contributed by atoms with van der Waals surface area (Å²) >= 11 is 0. The Bertz CT molecular complexity index is 135. The summed E-state index contributed by atoms with van der Waals surface area (Å²) in [6.07, 6.45) is 4.21. The second kappa shape index (κ2) is 3.75. The van der Waals surface area contributed by atoms with E-state index in [1.165, 1.54) is 45.4 Å². The van der Waals surface area contributed by atoms with Crippen LogP contribution in [0.3, 0.4) is 0 Å². The Labute approximate surface area is 75.3 Å².